The number of nitrogens with one attached hydrogen (secondary N) is 2. The Morgan fingerprint density at radius 3 is 2.30 bits per heavy atom. The van der Waals surface area contributed by atoms with Crippen LogP contribution in [0.25, 0.3) is 0 Å². The van der Waals surface area contributed by atoms with Crippen molar-refractivity contribution in [3.8, 4) is 0 Å². The molecule has 0 aromatic heterocycles. The second-order valence-corrected chi connectivity index (χ2v) is 8.53. The first-order chi connectivity index (χ1) is 12.4. The molecule has 1 rings (SSSR count). The number of halogens is 2. The summed E-state index contributed by atoms with van der Waals surface area (Å²) >= 11 is 11.9. The molecule has 8 heteroatoms. The molecule has 0 spiro atoms. The van der Waals surface area contributed by atoms with Crippen molar-refractivity contribution in [1.82, 2.24) is 10.6 Å². The molecule has 0 aliphatic heterocycles. The average Bonchev–Trinajstić information content (AvgIpc) is 2.49. The van der Waals surface area contributed by atoms with Crippen LogP contribution in [0.2, 0.25) is 10.0 Å². The fourth-order valence-corrected chi connectivity index (χ4v) is 2.78. The molecule has 0 saturated carbocycles. The Kier molecular flexibility index (Phi) is 8.57. The number of ether oxygens (including phenoxy) is 1. The minimum Gasteiger partial charge on any atom is -0.454 e. The van der Waals surface area contributed by atoms with Crippen molar-refractivity contribution in [2.24, 2.45) is 5.92 Å². The third-order valence-corrected chi connectivity index (χ3v) is 3.88. The van der Waals surface area contributed by atoms with E-state index in [0.29, 0.717) is 11.4 Å². The first-order valence-corrected chi connectivity index (χ1v) is 9.38. The number of hydrogen-bond donors (Lipinski definition) is 2. The maximum atomic E-state index is 12.5. The van der Waals surface area contributed by atoms with Crippen LogP contribution >= 0.6 is 23.2 Å². The van der Waals surface area contributed by atoms with Crippen molar-refractivity contribution in [2.75, 3.05) is 6.61 Å². The highest BCUT2D eigenvalue weighted by atomic mass is 35.5. The Morgan fingerprint density at radius 1 is 1.15 bits per heavy atom. The third kappa shape index (κ3) is 8.63. The normalized spacial score (nSPS) is 12.4. The lowest BCUT2D eigenvalue weighted by Gasteiger charge is -2.22. The standard InChI is InChI=1S/C19H26Cl2N2O4/c1-11(2)8-15(18(26)27-10-16(24)23-19(3,4)5)22-17(25)13-7-6-12(20)9-14(13)21/h6-7,9,11,15H,8,10H2,1-5H3,(H,22,25)(H,23,24)/t15-/m1/s1. The van der Waals surface area contributed by atoms with Gasteiger partial charge in [0.2, 0.25) is 0 Å². The van der Waals surface area contributed by atoms with E-state index in [2.05, 4.69) is 10.6 Å². The van der Waals surface area contributed by atoms with Crippen LogP contribution in [0.4, 0.5) is 0 Å². The number of carbonyl (C=O) groups is 3. The molecule has 2 amide bonds. The zero-order valence-electron chi connectivity index (χ0n) is 16.2. The van der Waals surface area contributed by atoms with Gasteiger partial charge in [0.15, 0.2) is 6.61 Å². The maximum absolute atomic E-state index is 12.5. The van der Waals surface area contributed by atoms with Crippen molar-refractivity contribution in [3.63, 3.8) is 0 Å². The first kappa shape index (κ1) is 23.2. The number of carbonyl (C=O) groups excluding carboxylic acids is 3. The van der Waals surface area contributed by atoms with E-state index in [1.807, 2.05) is 34.6 Å². The quantitative estimate of drug-likeness (QED) is 0.664. The molecule has 0 saturated heterocycles. The molecule has 1 atom stereocenters. The number of esters is 1. The summed E-state index contributed by atoms with van der Waals surface area (Å²) in [5.74, 6) is -1.48. The van der Waals surface area contributed by atoms with E-state index < -0.39 is 36.0 Å². The lowest BCUT2D eigenvalue weighted by Crippen LogP contribution is -2.46. The van der Waals surface area contributed by atoms with Gasteiger partial charge in [-0.25, -0.2) is 4.79 Å². The van der Waals surface area contributed by atoms with Gasteiger partial charge in [0.05, 0.1) is 10.6 Å². The summed E-state index contributed by atoms with van der Waals surface area (Å²) in [6, 6.07) is 3.57. The predicted octanol–water partition coefficient (Wildman–Crippen LogP) is 3.60. The largest absolute Gasteiger partial charge is 0.454 e. The van der Waals surface area contributed by atoms with Gasteiger partial charge in [-0.15, -0.1) is 0 Å². The van der Waals surface area contributed by atoms with Gasteiger partial charge < -0.3 is 15.4 Å². The SMILES string of the molecule is CC(C)C[C@@H](NC(=O)c1ccc(Cl)cc1Cl)C(=O)OCC(=O)NC(C)(C)C. The van der Waals surface area contributed by atoms with Crippen molar-refractivity contribution in [2.45, 2.75) is 52.6 Å². The van der Waals surface area contributed by atoms with Gasteiger partial charge >= 0.3 is 5.97 Å². The molecule has 0 unspecified atom stereocenters. The van der Waals surface area contributed by atoms with E-state index in [9.17, 15) is 14.4 Å². The van der Waals surface area contributed by atoms with Gasteiger partial charge in [0.25, 0.3) is 11.8 Å². The van der Waals surface area contributed by atoms with Crippen LogP contribution in [0.5, 0.6) is 0 Å². The zero-order valence-corrected chi connectivity index (χ0v) is 17.7. The summed E-state index contributed by atoms with van der Waals surface area (Å²) in [6.45, 7) is 8.88. The Bertz CT molecular complexity index is 699. The van der Waals surface area contributed by atoms with Gasteiger partial charge in [0.1, 0.15) is 6.04 Å². The number of hydrogen-bond acceptors (Lipinski definition) is 4. The molecule has 0 aliphatic carbocycles. The second-order valence-electron chi connectivity index (χ2n) is 7.69. The Balaban J connectivity index is 2.78. The van der Waals surface area contributed by atoms with E-state index in [1.54, 1.807) is 0 Å². The summed E-state index contributed by atoms with van der Waals surface area (Å²) in [7, 11) is 0. The molecule has 1 aromatic rings. The number of benzene rings is 1. The molecule has 27 heavy (non-hydrogen) atoms. The Morgan fingerprint density at radius 2 is 1.78 bits per heavy atom. The van der Waals surface area contributed by atoms with E-state index >= 15 is 0 Å². The number of amides is 2. The summed E-state index contributed by atoms with van der Waals surface area (Å²) in [5, 5.41) is 5.91. The molecule has 0 heterocycles. The first-order valence-electron chi connectivity index (χ1n) is 8.62. The molecule has 0 bridgehead atoms. The van der Waals surface area contributed by atoms with Crippen molar-refractivity contribution in [3.05, 3.63) is 33.8 Å². The Labute approximate surface area is 169 Å². The maximum Gasteiger partial charge on any atom is 0.329 e. The Hall–Kier alpha value is -1.79. The molecule has 0 radical (unpaired) electrons. The minimum absolute atomic E-state index is 0.118. The van der Waals surface area contributed by atoms with Gasteiger partial charge in [-0.05, 0) is 51.3 Å². The highest BCUT2D eigenvalue weighted by Gasteiger charge is 2.26. The van der Waals surface area contributed by atoms with Crippen molar-refractivity contribution in [1.29, 1.82) is 0 Å². The van der Waals surface area contributed by atoms with Crippen LogP contribution in [0, 0.1) is 5.92 Å². The monoisotopic (exact) mass is 416 g/mol. The fraction of sp³-hybridized carbons (Fsp3) is 0.526. The van der Waals surface area contributed by atoms with E-state index in [0.717, 1.165) is 0 Å². The summed E-state index contributed by atoms with van der Waals surface area (Å²) < 4.78 is 5.08. The molecule has 150 valence electrons. The van der Waals surface area contributed by atoms with Gasteiger partial charge in [0, 0.05) is 10.6 Å². The molecule has 6 nitrogen and oxygen atoms in total. The second kappa shape index (κ2) is 9.95. The topological polar surface area (TPSA) is 84.5 Å². The summed E-state index contributed by atoms with van der Waals surface area (Å²) in [5.41, 5.74) is -0.228. The molecular formula is C19H26Cl2N2O4. The summed E-state index contributed by atoms with van der Waals surface area (Å²) in [6.07, 6.45) is 0.358. The van der Waals surface area contributed by atoms with E-state index in [-0.39, 0.29) is 16.5 Å². The lowest BCUT2D eigenvalue weighted by molar-refractivity contribution is -0.151. The van der Waals surface area contributed by atoms with E-state index in [4.69, 9.17) is 27.9 Å². The smallest absolute Gasteiger partial charge is 0.329 e. The molecule has 2 N–H and O–H groups in total. The van der Waals surface area contributed by atoms with E-state index in [1.165, 1.54) is 18.2 Å². The van der Waals surface area contributed by atoms with Gasteiger partial charge in [-0.3, -0.25) is 9.59 Å². The van der Waals surface area contributed by atoms with Gasteiger partial charge in [-0.2, -0.15) is 0 Å². The number of rotatable bonds is 7. The molecule has 1 aromatic carbocycles. The highest BCUT2D eigenvalue weighted by molar-refractivity contribution is 6.36. The predicted molar refractivity (Wildman–Crippen MR) is 106 cm³/mol. The van der Waals surface area contributed by atoms with Crippen LogP contribution in [0.15, 0.2) is 18.2 Å². The van der Waals surface area contributed by atoms with Crippen molar-refractivity contribution < 1.29 is 19.1 Å². The van der Waals surface area contributed by atoms with Gasteiger partial charge in [-0.1, -0.05) is 37.0 Å². The summed E-state index contributed by atoms with van der Waals surface area (Å²) in [4.78, 5) is 36.7. The molecule has 0 aliphatic rings. The average molecular weight is 417 g/mol. The minimum atomic E-state index is -0.897. The molecule has 0 fully saturated rings. The third-order valence-electron chi connectivity index (χ3n) is 3.33. The lowest BCUT2D eigenvalue weighted by atomic mass is 10.0. The van der Waals surface area contributed by atoms with Crippen LogP contribution in [0.3, 0.4) is 0 Å². The van der Waals surface area contributed by atoms with Crippen LogP contribution in [-0.4, -0.2) is 36.0 Å². The van der Waals surface area contributed by atoms with Crippen LogP contribution in [-0.2, 0) is 14.3 Å². The van der Waals surface area contributed by atoms with Crippen LogP contribution in [0.1, 0.15) is 51.4 Å². The highest BCUT2D eigenvalue weighted by Crippen LogP contribution is 2.21. The van der Waals surface area contributed by atoms with Crippen molar-refractivity contribution >= 4 is 41.0 Å². The molecular weight excluding hydrogens is 391 g/mol. The van der Waals surface area contributed by atoms with Crippen LogP contribution < -0.4 is 10.6 Å². The fourth-order valence-electron chi connectivity index (χ4n) is 2.29. The zero-order chi connectivity index (χ0) is 20.8.